The highest BCUT2D eigenvalue weighted by molar-refractivity contribution is 6.36. The maximum atomic E-state index is 11.9. The van der Waals surface area contributed by atoms with Gasteiger partial charge < -0.3 is 15.5 Å². The Morgan fingerprint density at radius 1 is 1.20 bits per heavy atom. The molecule has 0 radical (unpaired) electrons. The minimum absolute atomic E-state index is 0.0673. The molecule has 1 rings (SSSR count). The van der Waals surface area contributed by atoms with Crippen molar-refractivity contribution in [3.8, 4) is 0 Å². The number of benzene rings is 1. The van der Waals surface area contributed by atoms with Gasteiger partial charge in [0.2, 0.25) is 0 Å². The van der Waals surface area contributed by atoms with Crippen molar-refractivity contribution in [2.45, 2.75) is 18.9 Å². The highest BCUT2D eigenvalue weighted by atomic mass is 35.5. The predicted molar refractivity (Wildman–Crippen MR) is 72.2 cm³/mol. The molecule has 1 atom stereocenters. The second-order valence-corrected chi connectivity index (χ2v) is 4.76. The summed E-state index contributed by atoms with van der Waals surface area (Å²) in [5.41, 5.74) is 0.0673. The first-order valence-corrected chi connectivity index (χ1v) is 6.27. The molecule has 3 N–H and O–H groups in total. The Labute approximate surface area is 124 Å². The maximum Gasteiger partial charge on any atom is 0.326 e. The topological polar surface area (TPSA) is 104 Å². The van der Waals surface area contributed by atoms with Gasteiger partial charge in [-0.15, -0.1) is 0 Å². The molecule has 1 aromatic carbocycles. The highest BCUT2D eigenvalue weighted by Crippen LogP contribution is 2.21. The Balaban J connectivity index is 2.80. The number of rotatable bonds is 6. The average Bonchev–Trinajstić information content (AvgIpc) is 2.33. The summed E-state index contributed by atoms with van der Waals surface area (Å²) in [6.07, 6.45) is -0.590. The third kappa shape index (κ3) is 4.71. The number of carboxylic acid groups (broad SMARTS) is 2. The van der Waals surface area contributed by atoms with Gasteiger partial charge in [-0.05, 0) is 24.6 Å². The molecular formula is C12H11Cl2NO5. The van der Waals surface area contributed by atoms with E-state index in [0.29, 0.717) is 5.02 Å². The number of hydrogen-bond acceptors (Lipinski definition) is 3. The second-order valence-electron chi connectivity index (χ2n) is 3.92. The summed E-state index contributed by atoms with van der Waals surface area (Å²) in [7, 11) is 0. The van der Waals surface area contributed by atoms with Crippen molar-refractivity contribution in [2.24, 2.45) is 0 Å². The van der Waals surface area contributed by atoms with Gasteiger partial charge in [0.1, 0.15) is 6.04 Å². The zero-order valence-electron chi connectivity index (χ0n) is 10.1. The standard InChI is InChI=1S/C12H11Cl2NO5/c13-6-1-2-7(8(14)5-6)11(18)15-9(12(19)20)3-4-10(16)17/h1-2,5,9H,3-4H2,(H,15,18)(H,16,17)(H,19,20). The van der Waals surface area contributed by atoms with E-state index < -0.39 is 23.9 Å². The smallest absolute Gasteiger partial charge is 0.326 e. The zero-order valence-corrected chi connectivity index (χ0v) is 11.6. The number of aliphatic carboxylic acids is 2. The van der Waals surface area contributed by atoms with Crippen LogP contribution in [0.25, 0.3) is 0 Å². The van der Waals surface area contributed by atoms with Crippen LogP contribution in [0, 0.1) is 0 Å². The lowest BCUT2D eigenvalue weighted by Gasteiger charge is -2.14. The van der Waals surface area contributed by atoms with E-state index in [2.05, 4.69) is 5.32 Å². The molecule has 0 saturated carbocycles. The van der Waals surface area contributed by atoms with Crippen LogP contribution in [-0.2, 0) is 9.59 Å². The van der Waals surface area contributed by atoms with Crippen molar-refractivity contribution in [3.05, 3.63) is 33.8 Å². The van der Waals surface area contributed by atoms with E-state index in [-0.39, 0.29) is 23.4 Å². The second kappa shape index (κ2) is 7.12. The molecule has 0 aliphatic carbocycles. The maximum absolute atomic E-state index is 11.9. The first kappa shape index (κ1) is 16.3. The summed E-state index contributed by atoms with van der Waals surface area (Å²) in [5, 5.41) is 20.1. The Bertz CT molecular complexity index is 547. The molecule has 0 bridgehead atoms. The molecule has 1 amide bonds. The van der Waals surface area contributed by atoms with Crippen molar-refractivity contribution in [1.29, 1.82) is 0 Å². The van der Waals surface area contributed by atoms with Crippen molar-refractivity contribution >= 4 is 41.0 Å². The molecule has 0 aliphatic rings. The SMILES string of the molecule is O=C(O)CCC(NC(=O)c1ccc(Cl)cc1Cl)C(=O)O. The van der Waals surface area contributed by atoms with Crippen LogP contribution in [0.15, 0.2) is 18.2 Å². The van der Waals surface area contributed by atoms with Gasteiger partial charge in [-0.3, -0.25) is 9.59 Å². The number of nitrogens with one attached hydrogen (secondary N) is 1. The third-order valence-corrected chi connectivity index (χ3v) is 2.97. The summed E-state index contributed by atoms with van der Waals surface area (Å²) < 4.78 is 0. The molecule has 1 aromatic rings. The van der Waals surface area contributed by atoms with Gasteiger partial charge >= 0.3 is 11.9 Å². The molecule has 8 heteroatoms. The van der Waals surface area contributed by atoms with E-state index in [1.807, 2.05) is 0 Å². The number of halogens is 2. The van der Waals surface area contributed by atoms with Crippen LogP contribution < -0.4 is 5.32 Å². The molecule has 1 unspecified atom stereocenters. The van der Waals surface area contributed by atoms with Crippen LogP contribution in [0.4, 0.5) is 0 Å². The van der Waals surface area contributed by atoms with E-state index in [4.69, 9.17) is 33.4 Å². The number of hydrogen-bond donors (Lipinski definition) is 3. The van der Waals surface area contributed by atoms with Crippen LogP contribution in [0.1, 0.15) is 23.2 Å². The number of carbonyl (C=O) groups is 3. The average molecular weight is 320 g/mol. The first-order chi connectivity index (χ1) is 9.31. The van der Waals surface area contributed by atoms with Gasteiger partial charge in [-0.1, -0.05) is 23.2 Å². The Morgan fingerprint density at radius 3 is 2.35 bits per heavy atom. The summed E-state index contributed by atoms with van der Waals surface area (Å²) in [6, 6.07) is 2.85. The lowest BCUT2D eigenvalue weighted by molar-refractivity contribution is -0.140. The van der Waals surface area contributed by atoms with Gasteiger partial charge in [0, 0.05) is 11.4 Å². The fourth-order valence-electron chi connectivity index (χ4n) is 1.43. The molecule has 108 valence electrons. The van der Waals surface area contributed by atoms with E-state index in [1.54, 1.807) is 0 Å². The zero-order chi connectivity index (χ0) is 15.3. The molecule has 0 saturated heterocycles. The van der Waals surface area contributed by atoms with Gasteiger partial charge in [0.25, 0.3) is 5.91 Å². The minimum atomic E-state index is -1.32. The van der Waals surface area contributed by atoms with Crippen LogP contribution in [0.5, 0.6) is 0 Å². The normalized spacial score (nSPS) is 11.7. The first-order valence-electron chi connectivity index (χ1n) is 5.51. The highest BCUT2D eigenvalue weighted by Gasteiger charge is 2.22. The van der Waals surface area contributed by atoms with E-state index >= 15 is 0 Å². The van der Waals surface area contributed by atoms with Crippen molar-refractivity contribution < 1.29 is 24.6 Å². The summed E-state index contributed by atoms with van der Waals surface area (Å²) in [5.74, 6) is -3.16. The van der Waals surface area contributed by atoms with E-state index in [9.17, 15) is 14.4 Å². The molecular weight excluding hydrogens is 309 g/mol. The predicted octanol–water partition coefficient (Wildman–Crippen LogP) is 2.04. The summed E-state index contributed by atoms with van der Waals surface area (Å²) in [6.45, 7) is 0. The van der Waals surface area contributed by atoms with E-state index in [1.165, 1.54) is 18.2 Å². The third-order valence-electron chi connectivity index (χ3n) is 2.43. The Kier molecular flexibility index (Phi) is 5.79. The summed E-state index contributed by atoms with van der Waals surface area (Å²) >= 11 is 11.5. The van der Waals surface area contributed by atoms with Crippen LogP contribution in [0.2, 0.25) is 10.0 Å². The van der Waals surface area contributed by atoms with Crippen molar-refractivity contribution in [2.75, 3.05) is 0 Å². The van der Waals surface area contributed by atoms with Gasteiger partial charge in [-0.2, -0.15) is 0 Å². The van der Waals surface area contributed by atoms with Crippen LogP contribution in [-0.4, -0.2) is 34.1 Å². The van der Waals surface area contributed by atoms with Crippen molar-refractivity contribution in [1.82, 2.24) is 5.32 Å². The summed E-state index contributed by atoms with van der Waals surface area (Å²) in [4.78, 5) is 33.3. The van der Waals surface area contributed by atoms with Crippen molar-refractivity contribution in [3.63, 3.8) is 0 Å². The lowest BCUT2D eigenvalue weighted by Crippen LogP contribution is -2.41. The van der Waals surface area contributed by atoms with Crippen LogP contribution in [0.3, 0.4) is 0 Å². The number of carboxylic acids is 2. The van der Waals surface area contributed by atoms with Gasteiger partial charge in [-0.25, -0.2) is 4.79 Å². The fraction of sp³-hybridized carbons (Fsp3) is 0.250. The molecule has 20 heavy (non-hydrogen) atoms. The van der Waals surface area contributed by atoms with E-state index in [0.717, 1.165) is 0 Å². The molecule has 0 aliphatic heterocycles. The molecule has 0 spiro atoms. The fourth-order valence-corrected chi connectivity index (χ4v) is 1.93. The van der Waals surface area contributed by atoms with Gasteiger partial charge in [0.05, 0.1) is 10.6 Å². The number of amides is 1. The quantitative estimate of drug-likeness (QED) is 0.744. The molecule has 0 heterocycles. The minimum Gasteiger partial charge on any atom is -0.481 e. The van der Waals surface area contributed by atoms with Gasteiger partial charge in [0.15, 0.2) is 0 Å². The van der Waals surface area contributed by atoms with Crippen LogP contribution >= 0.6 is 23.2 Å². The Morgan fingerprint density at radius 2 is 1.85 bits per heavy atom. The molecule has 6 nitrogen and oxygen atoms in total. The molecule has 0 aromatic heterocycles. The number of carbonyl (C=O) groups excluding carboxylic acids is 1. The Hall–Kier alpha value is -1.79. The largest absolute Gasteiger partial charge is 0.481 e. The monoisotopic (exact) mass is 319 g/mol. The lowest BCUT2D eigenvalue weighted by atomic mass is 10.1. The molecule has 0 fully saturated rings.